The Morgan fingerprint density at radius 1 is 1.11 bits per heavy atom. The summed E-state index contributed by atoms with van der Waals surface area (Å²) in [5.74, 6) is 1.74. The topological polar surface area (TPSA) is 66.6 Å². The van der Waals surface area contributed by atoms with Gasteiger partial charge in [-0.25, -0.2) is 9.38 Å². The fourth-order valence-electron chi connectivity index (χ4n) is 4.87. The lowest BCUT2D eigenvalue weighted by atomic mass is 9.91. The van der Waals surface area contributed by atoms with Crippen molar-refractivity contribution in [1.82, 2.24) is 24.5 Å². The first kappa shape index (κ1) is 23.5. The zero-order chi connectivity index (χ0) is 24.9. The van der Waals surface area contributed by atoms with E-state index in [4.69, 9.17) is 16.6 Å². The molecule has 3 heterocycles. The maximum Gasteiger partial charge on any atom is 0.223 e. The van der Waals surface area contributed by atoms with Gasteiger partial charge in [-0.3, -0.25) is 4.79 Å². The Morgan fingerprint density at radius 2 is 1.89 bits per heavy atom. The normalized spacial score (nSPS) is 16.9. The number of rotatable bonds is 3. The molecule has 1 fully saturated rings. The number of amides is 1. The van der Waals surface area contributed by atoms with E-state index < -0.39 is 0 Å². The minimum Gasteiger partial charge on any atom is -0.338 e. The number of anilines is 1. The molecular formula is C27H31ClN6O. The molecule has 1 aliphatic heterocycles. The number of benzene rings is 2. The predicted molar refractivity (Wildman–Crippen MR) is 141 cm³/mol. The molecule has 0 unspecified atom stereocenters. The van der Waals surface area contributed by atoms with Crippen LogP contribution in [0, 0.1) is 12.3 Å². The van der Waals surface area contributed by atoms with Gasteiger partial charge in [-0.15, -0.1) is 10.2 Å². The van der Waals surface area contributed by atoms with E-state index in [0.29, 0.717) is 31.1 Å². The number of carbonyl (C=O) groups excluding carboxylic acids is 1. The minimum absolute atomic E-state index is 0.0375. The van der Waals surface area contributed by atoms with E-state index in [1.54, 1.807) is 0 Å². The van der Waals surface area contributed by atoms with Crippen LogP contribution in [0.25, 0.3) is 27.9 Å². The van der Waals surface area contributed by atoms with E-state index in [1.807, 2.05) is 35.2 Å². The summed E-state index contributed by atoms with van der Waals surface area (Å²) in [6.07, 6.45) is 0.539. The molecule has 2 aromatic heterocycles. The van der Waals surface area contributed by atoms with Crippen LogP contribution in [-0.2, 0) is 4.79 Å². The quantitative estimate of drug-likeness (QED) is 0.385. The van der Waals surface area contributed by atoms with Crippen molar-refractivity contribution in [3.63, 3.8) is 0 Å². The maximum atomic E-state index is 13.0. The van der Waals surface area contributed by atoms with E-state index in [0.717, 1.165) is 39.4 Å². The Morgan fingerprint density at radius 3 is 2.60 bits per heavy atom. The predicted octanol–water partition coefficient (Wildman–Crippen LogP) is 5.38. The van der Waals surface area contributed by atoms with Gasteiger partial charge in [-0.1, -0.05) is 56.6 Å². The van der Waals surface area contributed by atoms with Gasteiger partial charge < -0.3 is 9.80 Å². The van der Waals surface area contributed by atoms with Gasteiger partial charge in [-0.05, 0) is 43.0 Å². The zero-order valence-electron chi connectivity index (χ0n) is 20.9. The fourth-order valence-corrected chi connectivity index (χ4v) is 5.03. The summed E-state index contributed by atoms with van der Waals surface area (Å²) in [6, 6.07) is 13.9. The molecule has 0 aliphatic carbocycles. The summed E-state index contributed by atoms with van der Waals surface area (Å²) < 4.78 is 2.05. The van der Waals surface area contributed by atoms with E-state index in [-0.39, 0.29) is 17.4 Å². The minimum atomic E-state index is -0.0375. The fraction of sp³-hybridized carbons (Fsp3) is 0.407. The zero-order valence-corrected chi connectivity index (χ0v) is 21.7. The molecule has 35 heavy (non-hydrogen) atoms. The van der Waals surface area contributed by atoms with Crippen LogP contribution in [0.1, 0.15) is 39.7 Å². The molecule has 5 rings (SSSR count). The summed E-state index contributed by atoms with van der Waals surface area (Å²) in [7, 11) is 0. The molecule has 0 N–H and O–H groups in total. The number of piperazine rings is 1. The highest BCUT2D eigenvalue weighted by Crippen LogP contribution is 2.32. The number of aromatic nitrogens is 4. The largest absolute Gasteiger partial charge is 0.338 e. The molecule has 0 saturated carbocycles. The molecule has 1 aliphatic rings. The molecule has 1 saturated heterocycles. The molecule has 2 aromatic carbocycles. The monoisotopic (exact) mass is 490 g/mol. The second-order valence-electron chi connectivity index (χ2n) is 10.7. The van der Waals surface area contributed by atoms with Gasteiger partial charge in [0.15, 0.2) is 11.5 Å². The molecule has 0 radical (unpaired) electrons. The van der Waals surface area contributed by atoms with Gasteiger partial charge in [0.25, 0.3) is 0 Å². The molecule has 1 amide bonds. The number of hydrogen-bond donors (Lipinski definition) is 0. The van der Waals surface area contributed by atoms with Crippen LogP contribution in [0.5, 0.6) is 0 Å². The van der Waals surface area contributed by atoms with Gasteiger partial charge in [0.1, 0.15) is 0 Å². The van der Waals surface area contributed by atoms with Crippen molar-refractivity contribution in [3.05, 3.63) is 53.1 Å². The van der Waals surface area contributed by atoms with Gasteiger partial charge in [0.05, 0.1) is 5.52 Å². The molecule has 0 bridgehead atoms. The van der Waals surface area contributed by atoms with E-state index >= 15 is 0 Å². The highest BCUT2D eigenvalue weighted by Gasteiger charge is 2.32. The van der Waals surface area contributed by atoms with Crippen molar-refractivity contribution < 1.29 is 4.79 Å². The number of carbonyl (C=O) groups is 1. The Balaban J connectivity index is 1.61. The second kappa shape index (κ2) is 8.79. The molecular weight excluding hydrogens is 460 g/mol. The highest BCUT2D eigenvalue weighted by atomic mass is 35.5. The average molecular weight is 491 g/mol. The third-order valence-electron chi connectivity index (χ3n) is 6.58. The molecule has 1 atom stereocenters. The summed E-state index contributed by atoms with van der Waals surface area (Å²) in [5.41, 5.74) is 3.63. The first-order chi connectivity index (χ1) is 16.6. The molecule has 7 nitrogen and oxygen atoms in total. The van der Waals surface area contributed by atoms with Crippen molar-refractivity contribution in [3.8, 4) is 11.4 Å². The van der Waals surface area contributed by atoms with Gasteiger partial charge in [0, 0.05) is 48.1 Å². The number of hydrogen-bond acceptors (Lipinski definition) is 5. The summed E-state index contributed by atoms with van der Waals surface area (Å²) in [5, 5.41) is 10.7. The first-order valence-electron chi connectivity index (χ1n) is 12.1. The van der Waals surface area contributed by atoms with Crippen molar-refractivity contribution in [2.45, 2.75) is 47.1 Å². The second-order valence-corrected chi connectivity index (χ2v) is 11.1. The van der Waals surface area contributed by atoms with Crippen LogP contribution < -0.4 is 4.90 Å². The lowest BCUT2D eigenvalue weighted by molar-refractivity contribution is -0.135. The van der Waals surface area contributed by atoms with Crippen LogP contribution in [-0.4, -0.2) is 56.1 Å². The number of halogens is 1. The number of nitrogens with zero attached hydrogens (tertiary/aromatic N) is 6. The van der Waals surface area contributed by atoms with E-state index in [2.05, 4.69) is 66.2 Å². The number of aryl methyl sites for hydroxylation is 1. The van der Waals surface area contributed by atoms with E-state index in [9.17, 15) is 4.79 Å². The summed E-state index contributed by atoms with van der Waals surface area (Å²) >= 11 is 6.32. The molecule has 4 aromatic rings. The van der Waals surface area contributed by atoms with Crippen molar-refractivity contribution >= 4 is 40.0 Å². The Kier molecular flexibility index (Phi) is 5.91. The van der Waals surface area contributed by atoms with Crippen LogP contribution >= 0.6 is 11.6 Å². The summed E-state index contributed by atoms with van der Waals surface area (Å²) in [6.45, 7) is 12.5. The smallest absolute Gasteiger partial charge is 0.223 e. The van der Waals surface area contributed by atoms with Crippen LogP contribution in [0.4, 0.5) is 5.95 Å². The summed E-state index contributed by atoms with van der Waals surface area (Å²) in [4.78, 5) is 22.3. The Hall–Kier alpha value is -3.19. The Bertz CT molecular complexity index is 1420. The third kappa shape index (κ3) is 4.45. The highest BCUT2D eigenvalue weighted by molar-refractivity contribution is 6.31. The number of fused-ring (bicyclic) bond motifs is 3. The Labute approximate surface area is 210 Å². The van der Waals surface area contributed by atoms with Crippen molar-refractivity contribution in [1.29, 1.82) is 0 Å². The standard InChI is InChI=1S/C27H31ClN6O/c1-17-8-6-7-9-20(17)24-30-31-25-21-11-10-19(28)14-22(21)29-26(34(24)25)32-12-13-33(18(2)16-32)23(35)15-27(3,4)5/h6-11,14,18H,12-13,15-16H2,1-5H3/t18-/m0/s1. The van der Waals surface area contributed by atoms with Gasteiger partial charge in [-0.2, -0.15) is 0 Å². The molecule has 0 spiro atoms. The first-order valence-corrected chi connectivity index (χ1v) is 12.4. The average Bonchev–Trinajstić information content (AvgIpc) is 3.22. The van der Waals surface area contributed by atoms with Crippen molar-refractivity contribution in [2.24, 2.45) is 5.41 Å². The van der Waals surface area contributed by atoms with Gasteiger partial charge >= 0.3 is 0 Å². The maximum absolute atomic E-state index is 13.0. The van der Waals surface area contributed by atoms with E-state index in [1.165, 1.54) is 0 Å². The molecule has 8 heteroatoms. The lowest BCUT2D eigenvalue weighted by Crippen LogP contribution is -2.55. The molecule has 182 valence electrons. The van der Waals surface area contributed by atoms with Crippen LogP contribution in [0.2, 0.25) is 5.02 Å². The SMILES string of the molecule is Cc1ccccc1-c1nnc2c3ccc(Cl)cc3nc(N3CCN(C(=O)CC(C)(C)C)[C@@H](C)C3)n12. The van der Waals surface area contributed by atoms with Crippen LogP contribution in [0.3, 0.4) is 0 Å². The van der Waals surface area contributed by atoms with Gasteiger partial charge in [0.2, 0.25) is 11.9 Å². The third-order valence-corrected chi connectivity index (χ3v) is 6.82. The van der Waals surface area contributed by atoms with Crippen molar-refractivity contribution in [2.75, 3.05) is 24.5 Å². The lowest BCUT2D eigenvalue weighted by Gasteiger charge is -2.41. The van der Waals surface area contributed by atoms with Crippen LogP contribution in [0.15, 0.2) is 42.5 Å².